The third kappa shape index (κ3) is 17.6. The summed E-state index contributed by atoms with van der Waals surface area (Å²) >= 11 is 2.50. The number of aromatic nitrogens is 2. The van der Waals surface area contributed by atoms with Crippen LogP contribution in [0.3, 0.4) is 0 Å². The van der Waals surface area contributed by atoms with E-state index in [2.05, 4.69) is 25.3 Å². The molecule has 6 aromatic carbocycles. The van der Waals surface area contributed by atoms with Crippen molar-refractivity contribution in [2.45, 2.75) is 118 Å². The highest BCUT2D eigenvalue weighted by atomic mass is 32.1. The fourth-order valence-corrected chi connectivity index (χ4v) is 12.5. The number of hydrogen-bond acceptors (Lipinski definition) is 20. The molecule has 0 atom stereocenters. The first-order valence-corrected chi connectivity index (χ1v) is 33.0. The number of nitrogens with zero attached hydrogens (tertiary/aromatic N) is 2. The molecule has 0 aliphatic carbocycles. The van der Waals surface area contributed by atoms with Crippen LogP contribution in [0.15, 0.2) is 143 Å². The molecule has 20 heteroatoms. The summed E-state index contributed by atoms with van der Waals surface area (Å²) in [5.74, 6) is 0.0353. The number of aryl methyl sites for hydroxylation is 4. The van der Waals surface area contributed by atoms with Crippen LogP contribution in [0.1, 0.15) is 133 Å². The largest absolute Gasteiger partial charge is 0.494 e. The third-order valence-corrected chi connectivity index (χ3v) is 17.5. The highest BCUT2D eigenvalue weighted by Gasteiger charge is 2.25. The van der Waals surface area contributed by atoms with Crippen molar-refractivity contribution in [2.75, 3.05) is 26.4 Å². The van der Waals surface area contributed by atoms with Crippen LogP contribution in [0.4, 0.5) is 0 Å². The second-order valence-electron chi connectivity index (χ2n) is 22.7. The van der Waals surface area contributed by atoms with Gasteiger partial charge in [0, 0.05) is 35.8 Å². The van der Waals surface area contributed by atoms with E-state index in [0.717, 1.165) is 96.5 Å². The number of unbranched alkanes of at least 4 members (excludes halogenated alkanes) is 9. The molecular formula is C74H72N2O16S2. The van der Waals surface area contributed by atoms with Gasteiger partial charge in [-0.2, -0.15) is 0 Å². The first-order chi connectivity index (χ1) is 45.6. The van der Waals surface area contributed by atoms with Crippen LogP contribution in [0.5, 0.6) is 34.5 Å². The number of thiazole rings is 2. The topological polar surface area (TPSA) is 228 Å². The molecule has 0 aliphatic heterocycles. The number of hydrogen-bond donors (Lipinski definition) is 0. The average molecular weight is 1310 g/mol. The number of benzene rings is 6. The lowest BCUT2D eigenvalue weighted by molar-refractivity contribution is -0.138. The molecule has 0 unspecified atom stereocenters. The number of furan rings is 2. The van der Waals surface area contributed by atoms with Crippen LogP contribution in [0, 0.1) is 27.7 Å². The summed E-state index contributed by atoms with van der Waals surface area (Å²) < 4.78 is 59.4. The Labute approximate surface area is 551 Å². The highest BCUT2D eigenvalue weighted by molar-refractivity contribution is 7.22. The van der Waals surface area contributed by atoms with Gasteiger partial charge in [-0.05, 0) is 211 Å². The summed E-state index contributed by atoms with van der Waals surface area (Å²) in [6, 6.07) is 31.6. The van der Waals surface area contributed by atoms with Crippen LogP contribution < -0.4 is 28.4 Å². The molecule has 0 saturated heterocycles. The van der Waals surface area contributed by atoms with Crippen molar-refractivity contribution in [3.8, 4) is 56.0 Å². The van der Waals surface area contributed by atoms with Gasteiger partial charge in [-0.3, -0.25) is 9.59 Å². The molecular weight excluding hydrogens is 1240 g/mol. The molecule has 0 radical (unpaired) electrons. The molecule has 94 heavy (non-hydrogen) atoms. The van der Waals surface area contributed by atoms with E-state index in [0.29, 0.717) is 128 Å². The maximum atomic E-state index is 13.6. The first kappa shape index (κ1) is 67.0. The van der Waals surface area contributed by atoms with E-state index in [1.165, 1.54) is 22.7 Å². The third-order valence-electron chi connectivity index (χ3n) is 15.3. The summed E-state index contributed by atoms with van der Waals surface area (Å²) in [7, 11) is 0. The minimum Gasteiger partial charge on any atom is -0.494 e. The summed E-state index contributed by atoms with van der Waals surface area (Å²) in [5.41, 5.74) is 6.82. The Kier molecular flexibility index (Phi) is 22.9. The second-order valence-corrected chi connectivity index (χ2v) is 24.7. The van der Waals surface area contributed by atoms with Gasteiger partial charge in [0.1, 0.15) is 43.1 Å². The highest BCUT2D eigenvalue weighted by Crippen LogP contribution is 2.45. The molecule has 4 heterocycles. The van der Waals surface area contributed by atoms with Crippen molar-refractivity contribution >= 4 is 101 Å². The molecule has 0 fully saturated rings. The Morgan fingerprint density at radius 1 is 0.436 bits per heavy atom. The predicted molar refractivity (Wildman–Crippen MR) is 361 cm³/mol. The monoisotopic (exact) mass is 1310 g/mol. The Morgan fingerprint density at radius 2 is 0.809 bits per heavy atom. The van der Waals surface area contributed by atoms with Gasteiger partial charge in [-0.15, -0.1) is 22.7 Å². The zero-order valence-corrected chi connectivity index (χ0v) is 54.6. The molecule has 10 rings (SSSR count). The lowest BCUT2D eigenvalue weighted by atomic mass is 10.1. The first-order valence-electron chi connectivity index (χ1n) is 31.4. The van der Waals surface area contributed by atoms with Crippen LogP contribution in [0.2, 0.25) is 0 Å². The van der Waals surface area contributed by atoms with Gasteiger partial charge >= 0.3 is 35.8 Å². The van der Waals surface area contributed by atoms with E-state index < -0.39 is 35.8 Å². The van der Waals surface area contributed by atoms with Crippen LogP contribution in [-0.4, -0.2) is 72.2 Å². The quantitative estimate of drug-likeness (QED) is 0.0161. The molecule has 486 valence electrons. The van der Waals surface area contributed by atoms with Crippen LogP contribution >= 0.6 is 22.7 Å². The number of carbonyl (C=O) groups is 6. The number of fused-ring (bicyclic) bond motifs is 4. The van der Waals surface area contributed by atoms with Crippen molar-refractivity contribution in [1.29, 1.82) is 0 Å². The van der Waals surface area contributed by atoms with E-state index in [1.54, 1.807) is 72.8 Å². The fraction of sp³-hybridized carbons (Fsp3) is 0.297. The minimum atomic E-state index is -0.618. The van der Waals surface area contributed by atoms with Gasteiger partial charge in [-0.1, -0.05) is 38.1 Å². The molecule has 0 aliphatic rings. The summed E-state index contributed by atoms with van der Waals surface area (Å²) in [6.45, 7) is 16.5. The number of ether oxygens (including phenoxy) is 8. The Balaban J connectivity index is 0.737. The molecule has 18 nitrogen and oxygen atoms in total. The SMILES string of the molecule is C=CC(=O)OCCCCCCOc1ccc(C(=O)Oc2ccc(OC(=O)CCCCCCC(=O)Oc3ccc(OC(=O)c4ccc(OCCCCCCOC(=O)C=C)cc4)c4nc(-c5cc6c(C)cc(C)cc6o5)sc34)c3sc(-c4cc5c(C)cc(C)cc5o4)nc23)cc1. The Bertz CT molecular complexity index is 4120. The lowest BCUT2D eigenvalue weighted by Gasteiger charge is -2.10. The Hall–Kier alpha value is -9.92. The Morgan fingerprint density at radius 3 is 1.20 bits per heavy atom. The van der Waals surface area contributed by atoms with Crippen LogP contribution in [-0.2, 0) is 28.7 Å². The van der Waals surface area contributed by atoms with Crippen molar-refractivity contribution in [1.82, 2.24) is 9.97 Å². The molecule has 0 bridgehead atoms. The molecule has 0 amide bonds. The standard InChI is InChI=1S/C74H72N2O16S2/c1-7-63(77)85-37-19-13-11-17-35-83-51-27-23-49(24-28-51)73(81)91-55-31-33-57(69-67(55)75-71(93-69)61-43-53-47(5)39-45(3)41-59(53)87-61)89-65(79)21-15-9-10-16-22-66(80)90-58-34-32-56(68-70(58)94-72(76-68)62-44-54-48(6)40-46(4)42-60(54)88-62)92-74(82)50-25-29-52(30-26-50)84-36-18-12-14-20-38-86-64(78)8-2/h7-8,23-34,39-44H,1-2,9-22,35-38H2,3-6H3. The molecule has 10 aromatic rings. The van der Waals surface area contributed by atoms with Gasteiger partial charge in [0.2, 0.25) is 0 Å². The zero-order chi connectivity index (χ0) is 66.1. The molecule has 4 aromatic heterocycles. The van der Waals surface area contributed by atoms with E-state index >= 15 is 0 Å². The van der Waals surface area contributed by atoms with Crippen LogP contribution in [0.25, 0.3) is 63.9 Å². The van der Waals surface area contributed by atoms with Gasteiger partial charge in [0.05, 0.1) is 37.6 Å². The molecule has 0 saturated carbocycles. The summed E-state index contributed by atoms with van der Waals surface area (Å²) in [6.07, 6.45) is 11.4. The second kappa shape index (κ2) is 32.1. The lowest BCUT2D eigenvalue weighted by Crippen LogP contribution is -2.10. The van der Waals surface area contributed by atoms with Crippen molar-refractivity contribution < 1.29 is 75.5 Å². The van der Waals surface area contributed by atoms with Crippen molar-refractivity contribution in [3.63, 3.8) is 0 Å². The summed E-state index contributed by atoms with van der Waals surface area (Å²) in [4.78, 5) is 86.6. The maximum Gasteiger partial charge on any atom is 0.343 e. The van der Waals surface area contributed by atoms with Crippen molar-refractivity contribution in [3.05, 3.63) is 168 Å². The zero-order valence-electron chi connectivity index (χ0n) is 52.9. The van der Waals surface area contributed by atoms with E-state index in [1.807, 2.05) is 52.0 Å². The van der Waals surface area contributed by atoms with E-state index in [9.17, 15) is 28.8 Å². The fourth-order valence-electron chi connectivity index (χ4n) is 10.5. The number of rotatable bonds is 33. The van der Waals surface area contributed by atoms with E-state index in [4.69, 9.17) is 56.7 Å². The van der Waals surface area contributed by atoms with Gasteiger partial charge in [0.15, 0.2) is 44.5 Å². The molecule has 0 N–H and O–H groups in total. The van der Waals surface area contributed by atoms with Gasteiger partial charge in [0.25, 0.3) is 0 Å². The number of carbonyl (C=O) groups excluding carboxylic acids is 6. The van der Waals surface area contributed by atoms with Gasteiger partial charge < -0.3 is 46.7 Å². The maximum absolute atomic E-state index is 13.6. The van der Waals surface area contributed by atoms with Crippen molar-refractivity contribution in [2.24, 2.45) is 0 Å². The predicted octanol–water partition coefficient (Wildman–Crippen LogP) is 17.6. The van der Waals surface area contributed by atoms with Gasteiger partial charge in [-0.25, -0.2) is 29.1 Å². The summed E-state index contributed by atoms with van der Waals surface area (Å²) in [5, 5.41) is 2.87. The molecule has 0 spiro atoms. The minimum absolute atomic E-state index is 0.0965. The normalized spacial score (nSPS) is 11.2. The average Bonchev–Trinajstić information content (AvgIpc) is 1.63. The smallest absolute Gasteiger partial charge is 0.343 e. The van der Waals surface area contributed by atoms with E-state index in [-0.39, 0.29) is 35.8 Å². The number of esters is 6.